The summed E-state index contributed by atoms with van der Waals surface area (Å²) in [6.45, 7) is 5.20. The molecule has 52 heavy (non-hydrogen) atoms. The van der Waals surface area contributed by atoms with Crippen molar-refractivity contribution in [3.05, 3.63) is 48.6 Å². The number of carbonyl (C=O) groups is 1. The van der Waals surface area contributed by atoms with Gasteiger partial charge in [0.2, 0.25) is 0 Å². The number of carbonyl (C=O) groups excluding carboxylic acids is 1. The highest BCUT2D eigenvalue weighted by molar-refractivity contribution is 7.45. The molecule has 0 fully saturated rings. The maximum absolute atomic E-state index is 12.6. The molecule has 0 spiro atoms. The summed E-state index contributed by atoms with van der Waals surface area (Å²) < 4.78 is 34.4. The Labute approximate surface area is 320 Å². The monoisotopic (exact) mass is 754 g/mol. The summed E-state index contributed by atoms with van der Waals surface area (Å²) in [5.41, 5.74) is 0. The summed E-state index contributed by atoms with van der Waals surface area (Å²) in [6.07, 6.45) is 42.9. The number of hydrogen-bond donors (Lipinski definition) is 0. The number of rotatable bonds is 38. The zero-order valence-electron chi connectivity index (χ0n) is 34.2. The number of nitrogens with zero attached hydrogens (tertiary/aromatic N) is 1. The molecule has 0 N–H and O–H groups in total. The van der Waals surface area contributed by atoms with E-state index in [0.717, 1.165) is 38.5 Å². The van der Waals surface area contributed by atoms with Crippen LogP contribution in [0.1, 0.15) is 162 Å². The summed E-state index contributed by atoms with van der Waals surface area (Å²) in [5, 5.41) is 0. The number of ether oxygens (including phenoxy) is 2. The van der Waals surface area contributed by atoms with Gasteiger partial charge in [-0.25, -0.2) is 0 Å². The second kappa shape index (κ2) is 36.4. The van der Waals surface area contributed by atoms with Crippen LogP contribution in [-0.4, -0.2) is 70.7 Å². The molecule has 0 bridgehead atoms. The second-order valence-corrected chi connectivity index (χ2v) is 16.4. The maximum Gasteiger partial charge on any atom is 0.306 e. The molecule has 0 aromatic rings. The average Bonchev–Trinajstić information content (AvgIpc) is 3.09. The lowest BCUT2D eigenvalue weighted by molar-refractivity contribution is -0.870. The van der Waals surface area contributed by atoms with Crippen molar-refractivity contribution in [2.24, 2.45) is 0 Å². The molecule has 0 rings (SSSR count). The first kappa shape index (κ1) is 50.5. The Bertz CT molecular complexity index is 973. The number of allylic oxidation sites excluding steroid dienone is 8. The quantitative estimate of drug-likeness (QED) is 0.0204. The lowest BCUT2D eigenvalue weighted by Gasteiger charge is -2.28. The van der Waals surface area contributed by atoms with Gasteiger partial charge in [0.15, 0.2) is 0 Å². The van der Waals surface area contributed by atoms with Crippen LogP contribution >= 0.6 is 7.82 Å². The fourth-order valence-corrected chi connectivity index (χ4v) is 6.17. The number of phosphoric acid groups is 1. The molecule has 0 amide bonds. The lowest BCUT2D eigenvalue weighted by atomic mass is 10.0. The molecule has 0 aliphatic rings. The third-order valence-electron chi connectivity index (χ3n) is 8.66. The van der Waals surface area contributed by atoms with E-state index in [1.165, 1.54) is 96.3 Å². The molecule has 0 saturated carbocycles. The normalized spacial score (nSPS) is 14.3. The fourth-order valence-electron chi connectivity index (χ4n) is 5.44. The van der Waals surface area contributed by atoms with Crippen molar-refractivity contribution in [3.8, 4) is 0 Å². The van der Waals surface area contributed by atoms with Crippen LogP contribution in [0.5, 0.6) is 0 Å². The van der Waals surface area contributed by atoms with Crippen LogP contribution in [-0.2, 0) is 27.9 Å². The van der Waals surface area contributed by atoms with Crippen molar-refractivity contribution >= 4 is 13.8 Å². The van der Waals surface area contributed by atoms with Gasteiger partial charge >= 0.3 is 5.97 Å². The van der Waals surface area contributed by atoms with Gasteiger partial charge in [-0.1, -0.05) is 165 Å². The number of hydrogen-bond acceptors (Lipinski definition) is 7. The lowest BCUT2D eigenvalue weighted by Crippen LogP contribution is -2.37. The summed E-state index contributed by atoms with van der Waals surface area (Å²) in [5.74, 6) is -0.413. The third kappa shape index (κ3) is 39.7. The van der Waals surface area contributed by atoms with Crippen LogP contribution in [0.25, 0.3) is 0 Å². The highest BCUT2D eigenvalue weighted by Gasteiger charge is 2.20. The van der Waals surface area contributed by atoms with Gasteiger partial charge in [0.1, 0.15) is 19.3 Å². The number of esters is 1. The topological polar surface area (TPSA) is 94.1 Å². The fraction of sp³-hybridized carbons (Fsp3) is 0.791. The molecule has 0 aliphatic carbocycles. The molecule has 2 atom stereocenters. The van der Waals surface area contributed by atoms with E-state index >= 15 is 0 Å². The Morgan fingerprint density at radius 2 is 1.08 bits per heavy atom. The molecule has 9 heteroatoms. The Kier molecular flexibility index (Phi) is 35.4. The second-order valence-electron chi connectivity index (χ2n) is 15.0. The molecule has 0 heterocycles. The van der Waals surface area contributed by atoms with E-state index in [1.54, 1.807) is 0 Å². The van der Waals surface area contributed by atoms with Crippen LogP contribution in [0, 0.1) is 0 Å². The van der Waals surface area contributed by atoms with Crippen molar-refractivity contribution in [3.63, 3.8) is 0 Å². The first-order valence-electron chi connectivity index (χ1n) is 20.9. The molecule has 2 unspecified atom stereocenters. The van der Waals surface area contributed by atoms with Crippen LogP contribution < -0.4 is 4.89 Å². The minimum absolute atomic E-state index is 0.0133. The van der Waals surface area contributed by atoms with Crippen molar-refractivity contribution in [1.82, 2.24) is 0 Å². The molecule has 304 valence electrons. The van der Waals surface area contributed by atoms with Gasteiger partial charge in [-0.05, 0) is 38.5 Å². The van der Waals surface area contributed by atoms with Crippen LogP contribution in [0.3, 0.4) is 0 Å². The third-order valence-corrected chi connectivity index (χ3v) is 9.62. The molecule has 0 aromatic heterocycles. The number of phosphoric ester groups is 1. The summed E-state index contributed by atoms with van der Waals surface area (Å²) in [7, 11) is 1.31. The number of unbranched alkanes of at least 4 members (excludes halogenated alkanes) is 16. The minimum atomic E-state index is -4.54. The molecular weight excluding hydrogens is 673 g/mol. The van der Waals surface area contributed by atoms with Gasteiger partial charge in [0.25, 0.3) is 7.82 Å². The van der Waals surface area contributed by atoms with Gasteiger partial charge in [-0.3, -0.25) is 9.36 Å². The Hall–Kier alpha value is -1.54. The SMILES string of the molecule is CC/C=C\C/C=C\C/C=C\C/C=C\CCC(=O)OC(COCCCCCCCCCCCCCCCCCCC)COP(=O)([O-])OCC[N+](C)(C)C. The Morgan fingerprint density at radius 1 is 0.615 bits per heavy atom. The van der Waals surface area contributed by atoms with Gasteiger partial charge in [-0.15, -0.1) is 0 Å². The number of quaternary nitrogens is 1. The average molecular weight is 754 g/mol. The smallest absolute Gasteiger partial charge is 0.306 e. The van der Waals surface area contributed by atoms with Crippen LogP contribution in [0.4, 0.5) is 0 Å². The standard InChI is InChI=1S/C43H80NO7P/c1-6-8-10-12-14-16-18-20-21-22-23-25-27-29-31-33-35-38-48-40-42(41-50-52(46,47)49-39-37-44(3,4)5)51-43(45)36-34-32-30-28-26-24-19-17-15-13-11-9-7-2/h9,11,15,17,24,26,30,32,42H,6-8,10,12-14,16,18-23,25,27-29,31,33-41H2,1-5H3/b11-9-,17-15-,26-24-,32-30-. The Balaban J connectivity index is 4.31. The maximum atomic E-state index is 12.6. The largest absolute Gasteiger partial charge is 0.756 e. The molecule has 0 aliphatic heterocycles. The Morgan fingerprint density at radius 3 is 1.56 bits per heavy atom. The van der Waals surface area contributed by atoms with E-state index in [-0.39, 0.29) is 26.2 Å². The van der Waals surface area contributed by atoms with E-state index in [4.69, 9.17) is 18.5 Å². The van der Waals surface area contributed by atoms with Crippen LogP contribution in [0.15, 0.2) is 48.6 Å². The molecule has 0 radical (unpaired) electrons. The van der Waals surface area contributed by atoms with E-state index in [2.05, 4.69) is 50.3 Å². The van der Waals surface area contributed by atoms with E-state index in [9.17, 15) is 14.3 Å². The highest BCUT2D eigenvalue weighted by atomic mass is 31.2. The van der Waals surface area contributed by atoms with E-state index < -0.39 is 19.9 Å². The van der Waals surface area contributed by atoms with Crippen molar-refractivity contribution in [2.45, 2.75) is 168 Å². The molecule has 0 saturated heterocycles. The predicted molar refractivity (Wildman–Crippen MR) is 217 cm³/mol. The van der Waals surface area contributed by atoms with Crippen molar-refractivity contribution in [2.75, 3.05) is 54.1 Å². The zero-order valence-corrected chi connectivity index (χ0v) is 35.1. The summed E-state index contributed by atoms with van der Waals surface area (Å²) >= 11 is 0. The van der Waals surface area contributed by atoms with Gasteiger partial charge in [0.05, 0.1) is 34.4 Å². The minimum Gasteiger partial charge on any atom is -0.756 e. The van der Waals surface area contributed by atoms with E-state index in [0.29, 0.717) is 24.1 Å². The summed E-state index contributed by atoms with van der Waals surface area (Å²) in [6, 6.07) is 0. The zero-order chi connectivity index (χ0) is 38.4. The van der Waals surface area contributed by atoms with Gasteiger partial charge in [0, 0.05) is 13.0 Å². The van der Waals surface area contributed by atoms with Crippen molar-refractivity contribution < 1.29 is 37.3 Å². The van der Waals surface area contributed by atoms with Gasteiger partial charge in [-0.2, -0.15) is 0 Å². The molecular formula is C43H80NO7P. The first-order chi connectivity index (χ1) is 25.1. The number of likely N-dealkylation sites (N-methyl/N-ethyl adjacent to an activating group) is 1. The van der Waals surface area contributed by atoms with Crippen LogP contribution in [0.2, 0.25) is 0 Å². The van der Waals surface area contributed by atoms with E-state index in [1.807, 2.05) is 33.3 Å². The highest BCUT2D eigenvalue weighted by Crippen LogP contribution is 2.38. The first-order valence-corrected chi connectivity index (χ1v) is 22.3. The van der Waals surface area contributed by atoms with Crippen molar-refractivity contribution in [1.29, 1.82) is 0 Å². The van der Waals surface area contributed by atoms with Gasteiger partial charge < -0.3 is 27.9 Å². The molecule has 0 aromatic carbocycles. The predicted octanol–water partition coefficient (Wildman–Crippen LogP) is 11.4. The summed E-state index contributed by atoms with van der Waals surface area (Å²) in [4.78, 5) is 24.9. The molecule has 8 nitrogen and oxygen atoms in total.